The third-order valence-corrected chi connectivity index (χ3v) is 11.2. The molecular weight excluding hydrogens is 967 g/mol. The van der Waals surface area contributed by atoms with Crippen LogP contribution >= 0.6 is 11.3 Å². The number of β-lactam (4-membered cyclic amide) rings is 1. The summed E-state index contributed by atoms with van der Waals surface area (Å²) in [6, 6.07) is 18.5. The number of aromatic nitrogens is 5. The number of thiazole rings is 1. The minimum atomic E-state index is -5.23. The summed E-state index contributed by atoms with van der Waals surface area (Å²) in [5.74, 6) is -3.09. The Kier molecular flexibility index (Phi) is 15.6. The lowest BCUT2D eigenvalue weighted by Gasteiger charge is -2.36. The highest BCUT2D eigenvalue weighted by molar-refractivity contribution is 7.88. The van der Waals surface area contributed by atoms with Crippen molar-refractivity contribution < 1.29 is 56.2 Å². The number of hydrogen-bond acceptors (Lipinski definition) is 19. The molecule has 26 heteroatoms. The number of nitriles is 1. The number of imide groups is 1. The van der Waals surface area contributed by atoms with Crippen LogP contribution in [-0.2, 0) is 58.7 Å². The number of nitrogens with one attached hydrogen (secondary N) is 3. The lowest BCUT2D eigenvalue weighted by Crippen LogP contribution is -2.68. The molecule has 3 N–H and O–H groups in total. The van der Waals surface area contributed by atoms with Crippen molar-refractivity contribution in [2.45, 2.75) is 98.0 Å². The van der Waals surface area contributed by atoms with Crippen LogP contribution in [0.15, 0.2) is 88.3 Å². The molecule has 3 aromatic heterocycles. The fourth-order valence-corrected chi connectivity index (χ4v) is 7.55. The molecule has 0 aliphatic carbocycles. The second kappa shape index (κ2) is 21.2. The summed E-state index contributed by atoms with van der Waals surface area (Å²) in [6.45, 7) is 11.4. The van der Waals surface area contributed by atoms with E-state index in [1.807, 2.05) is 60.7 Å². The van der Waals surface area contributed by atoms with Crippen LogP contribution in [0.4, 0.5) is 14.7 Å². The first-order chi connectivity index (χ1) is 33.3. The number of pyridine rings is 1. The fraction of sp³-hybridized carbons (Fsp3) is 0.356. The Hall–Kier alpha value is -8.18. The number of anilines is 1. The molecule has 1 aliphatic rings. The molecule has 5 amide bonds. The minimum absolute atomic E-state index is 0.0236. The third-order valence-electron chi connectivity index (χ3n) is 9.35. The van der Waals surface area contributed by atoms with Crippen LogP contribution in [0.1, 0.15) is 72.2 Å². The van der Waals surface area contributed by atoms with E-state index in [0.717, 1.165) is 22.5 Å². The van der Waals surface area contributed by atoms with Gasteiger partial charge in [0.05, 0.1) is 18.8 Å². The smallest absolute Gasteiger partial charge is 0.413 e. The summed E-state index contributed by atoms with van der Waals surface area (Å²) in [7, 11) is -5.23. The first-order valence-corrected chi connectivity index (χ1v) is 23.7. The summed E-state index contributed by atoms with van der Waals surface area (Å²) >= 11 is 0.875. The number of carbonyl (C=O) groups excluding carboxylic acids is 5. The van der Waals surface area contributed by atoms with E-state index in [2.05, 4.69) is 30.9 Å². The topological polar surface area (TPSA) is 307 Å². The number of oxime groups is 1. The molecule has 1 atom stereocenters. The van der Waals surface area contributed by atoms with Gasteiger partial charge in [0.2, 0.25) is 5.60 Å². The SMILES string of the molecule is CC(C)(C)OC(=O)Nc1nc(/C(=N/OC(C)(C)C(=O)OC(C)(C)C)C(=O)N[C@H]2CN(C(=O)NS(=O)(=O)n3nc(-c4cc(OCc5ccccc5)c(OCc5ccccc5)cn4)n(CC#N)c3=O)C2=O)cs1. The average Bonchev–Trinajstić information content (AvgIpc) is 3.89. The van der Waals surface area contributed by atoms with E-state index in [0.29, 0.717) is 9.47 Å². The number of hydrogen-bond donors (Lipinski definition) is 3. The quantitative estimate of drug-likeness (QED) is 0.0507. The first-order valence-electron chi connectivity index (χ1n) is 21.4. The highest BCUT2D eigenvalue weighted by Crippen LogP contribution is 2.32. The number of rotatable bonds is 17. The van der Waals surface area contributed by atoms with Crippen molar-refractivity contribution in [3.8, 4) is 29.1 Å². The van der Waals surface area contributed by atoms with Crippen LogP contribution in [0.3, 0.4) is 0 Å². The number of nitrogens with zero attached hydrogens (tertiary/aromatic N) is 8. The van der Waals surface area contributed by atoms with Crippen molar-refractivity contribution in [3.05, 3.63) is 106 Å². The van der Waals surface area contributed by atoms with E-state index in [1.54, 1.807) is 52.3 Å². The fourth-order valence-electron chi connectivity index (χ4n) is 5.96. The molecule has 1 fully saturated rings. The van der Waals surface area contributed by atoms with E-state index in [4.69, 9.17) is 23.8 Å². The van der Waals surface area contributed by atoms with Crippen molar-refractivity contribution in [1.29, 1.82) is 5.26 Å². The average molecular weight is 1020 g/mol. The van der Waals surface area contributed by atoms with Crippen LogP contribution < -0.4 is 30.5 Å². The minimum Gasteiger partial charge on any atom is -0.485 e. The predicted octanol–water partition coefficient (Wildman–Crippen LogP) is 4.26. The third kappa shape index (κ3) is 13.5. The van der Waals surface area contributed by atoms with Gasteiger partial charge >= 0.3 is 34.0 Å². The molecule has 2 aromatic carbocycles. The first kappa shape index (κ1) is 52.2. The van der Waals surface area contributed by atoms with Crippen molar-refractivity contribution in [1.82, 2.24) is 38.7 Å². The largest absolute Gasteiger partial charge is 0.485 e. The molecule has 4 heterocycles. The summed E-state index contributed by atoms with van der Waals surface area (Å²) in [6.07, 6.45) is 0.432. The van der Waals surface area contributed by atoms with E-state index < -0.39 is 93.3 Å². The van der Waals surface area contributed by atoms with E-state index in [1.165, 1.54) is 31.5 Å². The Balaban J connectivity index is 1.19. The van der Waals surface area contributed by atoms with Crippen LogP contribution in [0.25, 0.3) is 11.5 Å². The molecule has 0 unspecified atom stereocenters. The van der Waals surface area contributed by atoms with E-state index >= 15 is 0 Å². The van der Waals surface area contributed by atoms with Gasteiger partial charge in [0.15, 0.2) is 28.2 Å². The normalized spacial score (nSPS) is 14.1. The van der Waals surface area contributed by atoms with Crippen molar-refractivity contribution in [2.75, 3.05) is 11.9 Å². The second-order valence-electron chi connectivity index (χ2n) is 17.9. The van der Waals surface area contributed by atoms with Crippen molar-refractivity contribution >= 4 is 62.3 Å². The van der Waals surface area contributed by atoms with Gasteiger partial charge in [0.1, 0.15) is 48.4 Å². The van der Waals surface area contributed by atoms with Crippen LogP contribution in [-0.4, -0.2) is 102 Å². The molecule has 0 saturated carbocycles. The Morgan fingerprint density at radius 2 is 1.49 bits per heavy atom. The zero-order valence-electron chi connectivity index (χ0n) is 39.6. The molecule has 0 radical (unpaired) electrons. The summed E-state index contributed by atoms with van der Waals surface area (Å²) in [5, 5.41) is 23.5. The van der Waals surface area contributed by atoms with Gasteiger partial charge in [0.25, 0.3) is 11.8 Å². The standard InChI is InChI=1S/C45H49N11O13S2/c1-43(2,3)67-38(59)45(7,8)69-52-34(31-26-70-39(49-31)50-41(61)68-44(4,5)6)36(57)48-30-23-55(37(30)58)40(60)53-71(63,64)56-42(62)54(20-19-46)35(51-56)29-21-32(65-24-27-15-11-9-12-16-27)33(22-47-29)66-25-28-17-13-10-14-18-28/h9-18,21-22,26,30H,20,23-25H2,1-8H3,(H,48,57)(H,53,60)(H,49,50,61)/b52-34-/t30-/m0/s1. The molecule has 1 saturated heterocycles. The Morgan fingerprint density at radius 1 is 0.887 bits per heavy atom. The lowest BCUT2D eigenvalue weighted by molar-refractivity contribution is -0.179. The highest BCUT2D eigenvalue weighted by atomic mass is 32.2. The maximum atomic E-state index is 13.7. The summed E-state index contributed by atoms with van der Waals surface area (Å²) in [4.78, 5) is 93.7. The monoisotopic (exact) mass is 1020 g/mol. The maximum Gasteiger partial charge on any atom is 0.413 e. The number of carbonyl (C=O) groups is 5. The second-order valence-corrected chi connectivity index (χ2v) is 20.2. The van der Waals surface area contributed by atoms with Gasteiger partial charge in [-0.15, -0.1) is 16.4 Å². The zero-order valence-corrected chi connectivity index (χ0v) is 41.2. The zero-order chi connectivity index (χ0) is 51.9. The number of urea groups is 1. The number of esters is 1. The highest BCUT2D eigenvalue weighted by Gasteiger charge is 2.44. The van der Waals surface area contributed by atoms with Crippen molar-refractivity contribution in [2.24, 2.45) is 5.16 Å². The Bertz CT molecular complexity index is 3060. The van der Waals surface area contributed by atoms with Gasteiger partial charge in [-0.1, -0.05) is 69.9 Å². The van der Waals surface area contributed by atoms with Crippen LogP contribution in [0.5, 0.6) is 11.5 Å². The molecular formula is C45H49N11O13S2. The van der Waals surface area contributed by atoms with Gasteiger partial charge < -0.3 is 29.1 Å². The van der Waals surface area contributed by atoms with Gasteiger partial charge in [0, 0.05) is 11.4 Å². The van der Waals surface area contributed by atoms with Crippen LogP contribution in [0, 0.1) is 11.3 Å². The number of likely N-dealkylation sites (tertiary alicyclic amines) is 1. The summed E-state index contributed by atoms with van der Waals surface area (Å²) in [5.41, 5.74) is -4.11. The maximum absolute atomic E-state index is 13.7. The molecule has 24 nitrogen and oxygen atoms in total. The molecule has 5 aromatic rings. The van der Waals surface area contributed by atoms with E-state index in [9.17, 15) is 42.4 Å². The van der Waals surface area contributed by atoms with Crippen LogP contribution in [0.2, 0.25) is 0 Å². The molecule has 6 rings (SSSR count). The van der Waals surface area contributed by atoms with Crippen molar-refractivity contribution in [3.63, 3.8) is 0 Å². The molecule has 374 valence electrons. The predicted molar refractivity (Wildman–Crippen MR) is 253 cm³/mol. The van der Waals surface area contributed by atoms with Gasteiger partial charge in [-0.2, -0.15) is 13.7 Å². The Labute approximate surface area is 410 Å². The van der Waals surface area contributed by atoms with Gasteiger partial charge in [-0.05, 0) is 66.5 Å². The number of amides is 5. The van der Waals surface area contributed by atoms with Gasteiger partial charge in [-0.3, -0.25) is 24.4 Å². The Morgan fingerprint density at radius 3 is 2.07 bits per heavy atom. The molecule has 71 heavy (non-hydrogen) atoms. The lowest BCUT2D eigenvalue weighted by atomic mass is 10.1. The summed E-state index contributed by atoms with van der Waals surface area (Å²) < 4.78 is 52.2. The van der Waals surface area contributed by atoms with E-state index in [-0.39, 0.29) is 45.3 Å². The molecule has 1 aliphatic heterocycles. The number of ether oxygens (including phenoxy) is 4. The molecule has 0 bridgehead atoms. The molecule has 0 spiro atoms. The number of benzene rings is 2. The van der Waals surface area contributed by atoms with Gasteiger partial charge in [-0.25, -0.2) is 33.9 Å².